The summed E-state index contributed by atoms with van der Waals surface area (Å²) < 4.78 is 5.69. The molecular weight excluding hydrogens is 196 g/mol. The first-order valence-corrected chi connectivity index (χ1v) is 6.55. The van der Waals surface area contributed by atoms with Crippen molar-refractivity contribution in [2.24, 2.45) is 5.73 Å². The molecule has 1 rings (SSSR count). The van der Waals surface area contributed by atoms with E-state index in [2.05, 4.69) is 11.8 Å². The molecule has 2 N–H and O–H groups in total. The molecule has 0 bridgehead atoms. The second-order valence-electron chi connectivity index (χ2n) is 3.90. The fourth-order valence-corrected chi connectivity index (χ4v) is 2.53. The number of ether oxygens (including phenoxy) is 1. The minimum atomic E-state index is 0.297. The number of morpholine rings is 1. The molecule has 1 fully saturated rings. The molecule has 0 saturated carbocycles. The van der Waals surface area contributed by atoms with E-state index < -0.39 is 0 Å². The summed E-state index contributed by atoms with van der Waals surface area (Å²) in [5.74, 6) is 2.12. The number of rotatable bonds is 5. The third-order valence-corrected chi connectivity index (χ3v) is 3.72. The van der Waals surface area contributed by atoms with Gasteiger partial charge in [0.25, 0.3) is 0 Å². The summed E-state index contributed by atoms with van der Waals surface area (Å²) in [4.78, 5) is 2.45. The Labute approximate surface area is 91.4 Å². The summed E-state index contributed by atoms with van der Waals surface area (Å²) in [6.07, 6.45) is 0.410. The average Bonchev–Trinajstić information content (AvgIpc) is 2.18. The molecule has 2 atom stereocenters. The fourth-order valence-electron chi connectivity index (χ4n) is 1.55. The van der Waals surface area contributed by atoms with Gasteiger partial charge in [0, 0.05) is 30.6 Å². The predicted octanol–water partition coefficient (Wildman–Crippen LogP) is 0.788. The molecule has 0 spiro atoms. The fraction of sp³-hybridized carbons (Fsp3) is 1.00. The molecule has 0 aliphatic carbocycles. The Morgan fingerprint density at radius 2 is 2.43 bits per heavy atom. The molecule has 14 heavy (non-hydrogen) atoms. The van der Waals surface area contributed by atoms with Crippen molar-refractivity contribution >= 4 is 11.8 Å². The maximum Gasteiger partial charge on any atom is 0.0792 e. The normalized spacial score (nSPS) is 26.4. The molecule has 4 heteroatoms. The Morgan fingerprint density at radius 1 is 1.64 bits per heavy atom. The summed E-state index contributed by atoms with van der Waals surface area (Å²) in [5.41, 5.74) is 5.69. The quantitative estimate of drug-likeness (QED) is 0.740. The number of thioether (sulfide) groups is 1. The van der Waals surface area contributed by atoms with Crippen LogP contribution in [0.25, 0.3) is 0 Å². The number of likely N-dealkylation sites (N-methyl/N-ethyl adjacent to an activating group) is 1. The van der Waals surface area contributed by atoms with Crippen molar-refractivity contribution in [1.82, 2.24) is 4.90 Å². The second-order valence-corrected chi connectivity index (χ2v) is 4.98. The van der Waals surface area contributed by atoms with Gasteiger partial charge in [-0.25, -0.2) is 0 Å². The van der Waals surface area contributed by atoms with E-state index in [1.165, 1.54) is 0 Å². The maximum atomic E-state index is 5.69. The first kappa shape index (κ1) is 12.3. The van der Waals surface area contributed by atoms with Gasteiger partial charge in [0.05, 0.1) is 12.7 Å². The van der Waals surface area contributed by atoms with E-state index in [1.807, 2.05) is 18.7 Å². The number of nitrogens with zero attached hydrogens (tertiary/aromatic N) is 1. The van der Waals surface area contributed by atoms with E-state index in [4.69, 9.17) is 10.5 Å². The van der Waals surface area contributed by atoms with Crippen LogP contribution >= 0.6 is 11.8 Å². The molecule has 84 valence electrons. The molecule has 1 aliphatic rings. The van der Waals surface area contributed by atoms with Gasteiger partial charge in [0.2, 0.25) is 0 Å². The lowest BCUT2D eigenvalue weighted by Gasteiger charge is -2.31. The van der Waals surface area contributed by atoms with Crippen LogP contribution in [0.5, 0.6) is 0 Å². The van der Waals surface area contributed by atoms with Crippen molar-refractivity contribution in [2.75, 3.05) is 37.7 Å². The largest absolute Gasteiger partial charge is 0.375 e. The van der Waals surface area contributed by atoms with Crippen LogP contribution in [0, 0.1) is 0 Å². The van der Waals surface area contributed by atoms with Gasteiger partial charge in [-0.2, -0.15) is 11.8 Å². The van der Waals surface area contributed by atoms with Crippen LogP contribution in [0.15, 0.2) is 0 Å². The minimum Gasteiger partial charge on any atom is -0.375 e. The van der Waals surface area contributed by atoms with Crippen molar-refractivity contribution in [2.45, 2.75) is 26.0 Å². The molecule has 1 heterocycles. The monoisotopic (exact) mass is 218 g/mol. The summed E-state index contributed by atoms with van der Waals surface area (Å²) in [5, 5.41) is 0. The Bertz CT molecular complexity index is 155. The Kier molecular flexibility index (Phi) is 5.86. The molecule has 2 unspecified atom stereocenters. The predicted molar refractivity (Wildman–Crippen MR) is 62.8 cm³/mol. The van der Waals surface area contributed by atoms with E-state index >= 15 is 0 Å². The van der Waals surface area contributed by atoms with E-state index in [0.717, 1.165) is 37.7 Å². The van der Waals surface area contributed by atoms with E-state index in [0.29, 0.717) is 12.1 Å². The highest BCUT2D eigenvalue weighted by Crippen LogP contribution is 2.11. The Morgan fingerprint density at radius 3 is 3.07 bits per heavy atom. The highest BCUT2D eigenvalue weighted by molar-refractivity contribution is 7.99. The van der Waals surface area contributed by atoms with E-state index in [-0.39, 0.29) is 0 Å². The molecule has 0 amide bonds. The van der Waals surface area contributed by atoms with Gasteiger partial charge in [-0.1, -0.05) is 6.92 Å². The smallest absolute Gasteiger partial charge is 0.0792 e. The summed E-state index contributed by atoms with van der Waals surface area (Å²) in [7, 11) is 0. The number of hydrogen-bond donors (Lipinski definition) is 1. The van der Waals surface area contributed by atoms with Crippen LogP contribution in [0.4, 0.5) is 0 Å². The summed E-state index contributed by atoms with van der Waals surface area (Å²) in [6.45, 7) is 8.45. The molecule has 3 nitrogen and oxygen atoms in total. The number of hydrogen-bond acceptors (Lipinski definition) is 4. The van der Waals surface area contributed by atoms with Crippen LogP contribution in [0.1, 0.15) is 13.8 Å². The SMILES string of the molecule is CCN1CCOC(CSCC(C)N)C1. The van der Waals surface area contributed by atoms with Crippen LogP contribution in [-0.4, -0.2) is 54.8 Å². The zero-order chi connectivity index (χ0) is 10.4. The lowest BCUT2D eigenvalue weighted by atomic mass is 10.3. The topological polar surface area (TPSA) is 38.5 Å². The van der Waals surface area contributed by atoms with Crippen LogP contribution in [0.3, 0.4) is 0 Å². The van der Waals surface area contributed by atoms with Crippen LogP contribution < -0.4 is 5.73 Å². The molecule has 0 radical (unpaired) electrons. The van der Waals surface area contributed by atoms with Crippen LogP contribution in [0.2, 0.25) is 0 Å². The zero-order valence-corrected chi connectivity index (χ0v) is 10.1. The highest BCUT2D eigenvalue weighted by Gasteiger charge is 2.18. The summed E-state index contributed by atoms with van der Waals surface area (Å²) >= 11 is 1.90. The summed E-state index contributed by atoms with van der Waals surface area (Å²) in [6, 6.07) is 0.297. The van der Waals surface area contributed by atoms with Gasteiger partial charge in [-0.15, -0.1) is 0 Å². The highest BCUT2D eigenvalue weighted by atomic mass is 32.2. The first-order chi connectivity index (χ1) is 6.72. The van der Waals surface area contributed by atoms with Gasteiger partial charge >= 0.3 is 0 Å². The van der Waals surface area contributed by atoms with Crippen molar-refractivity contribution in [1.29, 1.82) is 0 Å². The lowest BCUT2D eigenvalue weighted by Crippen LogP contribution is -2.43. The average molecular weight is 218 g/mol. The molecule has 1 aliphatic heterocycles. The first-order valence-electron chi connectivity index (χ1n) is 5.39. The van der Waals surface area contributed by atoms with Gasteiger partial charge < -0.3 is 10.5 Å². The Hall–Kier alpha value is 0.230. The standard InChI is InChI=1S/C10H22N2OS/c1-3-12-4-5-13-10(6-12)8-14-7-9(2)11/h9-10H,3-8,11H2,1-2H3. The second kappa shape index (κ2) is 6.67. The van der Waals surface area contributed by atoms with Gasteiger partial charge in [0.1, 0.15) is 0 Å². The van der Waals surface area contributed by atoms with Crippen molar-refractivity contribution < 1.29 is 4.74 Å². The van der Waals surface area contributed by atoms with Gasteiger partial charge in [0.15, 0.2) is 0 Å². The maximum absolute atomic E-state index is 5.69. The molecule has 0 aromatic rings. The molecular formula is C10H22N2OS. The molecule has 0 aromatic heterocycles. The van der Waals surface area contributed by atoms with Crippen molar-refractivity contribution in [3.05, 3.63) is 0 Å². The Balaban J connectivity index is 2.11. The molecule has 1 saturated heterocycles. The van der Waals surface area contributed by atoms with Gasteiger partial charge in [-0.05, 0) is 13.5 Å². The molecule has 0 aromatic carbocycles. The third-order valence-electron chi connectivity index (χ3n) is 2.35. The third kappa shape index (κ3) is 4.64. The van der Waals surface area contributed by atoms with Crippen molar-refractivity contribution in [3.8, 4) is 0 Å². The van der Waals surface area contributed by atoms with E-state index in [9.17, 15) is 0 Å². The zero-order valence-electron chi connectivity index (χ0n) is 9.24. The van der Waals surface area contributed by atoms with Crippen molar-refractivity contribution in [3.63, 3.8) is 0 Å². The minimum absolute atomic E-state index is 0.297. The van der Waals surface area contributed by atoms with E-state index in [1.54, 1.807) is 0 Å². The van der Waals surface area contributed by atoms with Gasteiger partial charge in [-0.3, -0.25) is 4.90 Å². The number of nitrogens with two attached hydrogens (primary N) is 1. The lowest BCUT2D eigenvalue weighted by molar-refractivity contribution is -0.0137. The van der Waals surface area contributed by atoms with Crippen LogP contribution in [-0.2, 0) is 4.74 Å².